The Morgan fingerprint density at radius 3 is 2.96 bits per heavy atom. The molecule has 3 atom stereocenters. The fraction of sp³-hybridized carbons (Fsp3) is 0.600. The predicted octanol–water partition coefficient (Wildman–Crippen LogP) is 3.50. The van der Waals surface area contributed by atoms with Crippen molar-refractivity contribution in [1.82, 2.24) is 15.2 Å². The molecule has 1 saturated carbocycles. The second kappa shape index (κ2) is 7.51. The van der Waals surface area contributed by atoms with Crippen LogP contribution in [0, 0.1) is 12.8 Å². The number of aryl methyl sites for hydroxylation is 1. The van der Waals surface area contributed by atoms with Gasteiger partial charge in [0.05, 0.1) is 5.92 Å². The minimum absolute atomic E-state index is 0.0955. The van der Waals surface area contributed by atoms with Crippen LogP contribution in [0.3, 0.4) is 0 Å². The Hall–Kier alpha value is -1.69. The summed E-state index contributed by atoms with van der Waals surface area (Å²) < 4.78 is 0. The molecule has 5 nitrogen and oxygen atoms in total. The Kier molecular flexibility index (Phi) is 5.11. The van der Waals surface area contributed by atoms with Crippen LogP contribution in [0.15, 0.2) is 29.4 Å². The molecule has 1 N–H and O–H groups in total. The van der Waals surface area contributed by atoms with Gasteiger partial charge in [0.15, 0.2) is 11.5 Å². The van der Waals surface area contributed by atoms with E-state index in [1.54, 1.807) is 11.8 Å². The lowest BCUT2D eigenvalue weighted by Gasteiger charge is -2.50. The lowest BCUT2D eigenvalue weighted by molar-refractivity contribution is -0.155. The summed E-state index contributed by atoms with van der Waals surface area (Å²) in [6.45, 7) is 5.06. The lowest BCUT2D eigenvalue weighted by atomic mass is 9.81. The van der Waals surface area contributed by atoms with Gasteiger partial charge < -0.3 is 9.80 Å². The monoisotopic (exact) mass is 372 g/mol. The van der Waals surface area contributed by atoms with Crippen molar-refractivity contribution in [3.8, 4) is 0 Å². The van der Waals surface area contributed by atoms with Gasteiger partial charge in [0.25, 0.3) is 0 Å². The fourth-order valence-electron chi connectivity index (χ4n) is 4.48. The normalized spacial score (nSPS) is 27.7. The molecule has 0 radical (unpaired) electrons. The molecule has 1 amide bonds. The molecule has 1 aromatic carbocycles. The van der Waals surface area contributed by atoms with E-state index in [0.29, 0.717) is 11.9 Å². The van der Waals surface area contributed by atoms with E-state index in [4.69, 9.17) is 0 Å². The number of thioether (sulfide) groups is 1. The Bertz CT molecular complexity index is 707. The van der Waals surface area contributed by atoms with Crippen LogP contribution in [0.5, 0.6) is 0 Å². The number of fused-ring (bicyclic) bond motifs is 3. The molecule has 6 heteroatoms. The third kappa shape index (κ3) is 3.20. The number of amides is 1. The molecule has 0 bridgehead atoms. The number of hydrazone groups is 1. The molecule has 1 aliphatic carbocycles. The van der Waals surface area contributed by atoms with Crippen LogP contribution in [-0.4, -0.2) is 39.8 Å². The van der Waals surface area contributed by atoms with Gasteiger partial charge in [-0.25, -0.2) is 0 Å². The van der Waals surface area contributed by atoms with Gasteiger partial charge in [-0.15, -0.1) is 0 Å². The second-order valence-electron chi connectivity index (χ2n) is 7.57. The molecule has 1 saturated heterocycles. The maximum Gasteiger partial charge on any atom is 0.230 e. The highest BCUT2D eigenvalue weighted by atomic mass is 32.2. The van der Waals surface area contributed by atoms with E-state index in [-0.39, 0.29) is 12.2 Å². The van der Waals surface area contributed by atoms with Gasteiger partial charge in [-0.3, -0.25) is 10.2 Å². The van der Waals surface area contributed by atoms with E-state index >= 15 is 0 Å². The first-order valence-corrected chi connectivity index (χ1v) is 10.8. The summed E-state index contributed by atoms with van der Waals surface area (Å²) in [7, 11) is 0. The second-order valence-corrected chi connectivity index (χ2v) is 8.51. The zero-order valence-corrected chi connectivity index (χ0v) is 16.5. The first-order chi connectivity index (χ1) is 12.7. The molecule has 2 heterocycles. The van der Waals surface area contributed by atoms with Crippen LogP contribution in [0.25, 0.3) is 0 Å². The highest BCUT2D eigenvalue weighted by Gasteiger charge is 2.50. The minimum atomic E-state index is -0.0955. The zero-order chi connectivity index (χ0) is 18.1. The van der Waals surface area contributed by atoms with Crippen molar-refractivity contribution in [3.63, 3.8) is 0 Å². The average Bonchev–Trinajstić information content (AvgIpc) is 3.07. The summed E-state index contributed by atoms with van der Waals surface area (Å²) in [6.07, 6.45) is 5.37. The van der Waals surface area contributed by atoms with Crippen LogP contribution < -0.4 is 5.43 Å². The van der Waals surface area contributed by atoms with E-state index in [1.165, 1.54) is 24.0 Å². The SMILES string of the molecule is CCCN1C(=O)C2CCCCC2N2C(SCc3cccc(C)c3)=NNC12. The molecule has 3 unspecified atom stereocenters. The van der Waals surface area contributed by atoms with E-state index in [0.717, 1.165) is 36.7 Å². The number of hydrogen-bond donors (Lipinski definition) is 1. The smallest absolute Gasteiger partial charge is 0.230 e. The van der Waals surface area contributed by atoms with Gasteiger partial charge >= 0.3 is 0 Å². The first-order valence-electron chi connectivity index (χ1n) is 9.79. The quantitative estimate of drug-likeness (QED) is 0.879. The number of nitrogens with one attached hydrogen (secondary N) is 1. The summed E-state index contributed by atoms with van der Waals surface area (Å²) in [5.74, 6) is 1.37. The van der Waals surface area contributed by atoms with Crippen molar-refractivity contribution in [3.05, 3.63) is 35.4 Å². The molecule has 4 rings (SSSR count). The number of amidine groups is 1. The van der Waals surface area contributed by atoms with Crippen LogP contribution in [-0.2, 0) is 10.5 Å². The topological polar surface area (TPSA) is 47.9 Å². The van der Waals surface area contributed by atoms with Gasteiger partial charge in [0, 0.05) is 18.3 Å². The largest absolute Gasteiger partial charge is 0.307 e. The van der Waals surface area contributed by atoms with Crippen molar-refractivity contribution in [2.45, 2.75) is 64.0 Å². The molecule has 2 aliphatic heterocycles. The number of nitrogens with zero attached hydrogens (tertiary/aromatic N) is 3. The van der Waals surface area contributed by atoms with Gasteiger partial charge in [-0.05, 0) is 31.7 Å². The highest BCUT2D eigenvalue weighted by Crippen LogP contribution is 2.39. The van der Waals surface area contributed by atoms with Crippen LogP contribution in [0.2, 0.25) is 0 Å². The third-order valence-electron chi connectivity index (χ3n) is 5.66. The number of benzene rings is 1. The molecule has 0 aromatic heterocycles. The van der Waals surface area contributed by atoms with Crippen molar-refractivity contribution >= 4 is 22.8 Å². The summed E-state index contributed by atoms with van der Waals surface area (Å²) in [4.78, 5) is 17.4. The van der Waals surface area contributed by atoms with Gasteiger partial charge in [0.2, 0.25) is 5.91 Å². The number of rotatable bonds is 4. The molecule has 2 fully saturated rings. The zero-order valence-electron chi connectivity index (χ0n) is 15.6. The third-order valence-corrected chi connectivity index (χ3v) is 6.70. The summed E-state index contributed by atoms with van der Waals surface area (Å²) in [6, 6.07) is 8.95. The molecule has 1 aromatic rings. The van der Waals surface area contributed by atoms with Crippen LogP contribution in [0.1, 0.15) is 50.2 Å². The predicted molar refractivity (Wildman–Crippen MR) is 106 cm³/mol. The minimum Gasteiger partial charge on any atom is -0.307 e. The number of hydrogen-bond acceptors (Lipinski definition) is 5. The Labute approximate surface area is 160 Å². The first kappa shape index (κ1) is 17.7. The van der Waals surface area contributed by atoms with E-state index < -0.39 is 0 Å². The van der Waals surface area contributed by atoms with Crippen molar-refractivity contribution in [1.29, 1.82) is 0 Å². The van der Waals surface area contributed by atoms with Crippen LogP contribution in [0.4, 0.5) is 0 Å². The Balaban J connectivity index is 1.53. The summed E-state index contributed by atoms with van der Waals surface area (Å²) in [5.41, 5.74) is 5.86. The molecule has 0 spiro atoms. The van der Waals surface area contributed by atoms with Crippen molar-refractivity contribution < 1.29 is 4.79 Å². The van der Waals surface area contributed by atoms with Gasteiger partial charge in [0.1, 0.15) is 0 Å². The van der Waals surface area contributed by atoms with E-state index in [2.05, 4.69) is 53.5 Å². The van der Waals surface area contributed by atoms with Crippen LogP contribution >= 0.6 is 11.8 Å². The highest BCUT2D eigenvalue weighted by molar-refractivity contribution is 8.13. The maximum atomic E-state index is 13.0. The lowest BCUT2D eigenvalue weighted by Crippen LogP contribution is -2.67. The molecular weight excluding hydrogens is 344 g/mol. The maximum absolute atomic E-state index is 13.0. The fourth-order valence-corrected chi connectivity index (χ4v) is 5.45. The molecule has 140 valence electrons. The van der Waals surface area contributed by atoms with Crippen molar-refractivity contribution in [2.24, 2.45) is 11.0 Å². The number of carbonyl (C=O) groups excluding carboxylic acids is 1. The van der Waals surface area contributed by atoms with Crippen molar-refractivity contribution in [2.75, 3.05) is 6.54 Å². The van der Waals surface area contributed by atoms with E-state index in [1.807, 2.05) is 4.90 Å². The van der Waals surface area contributed by atoms with Gasteiger partial charge in [-0.2, -0.15) is 5.10 Å². The Morgan fingerprint density at radius 1 is 1.31 bits per heavy atom. The molecule has 26 heavy (non-hydrogen) atoms. The Morgan fingerprint density at radius 2 is 2.15 bits per heavy atom. The number of carbonyl (C=O) groups is 1. The van der Waals surface area contributed by atoms with E-state index in [9.17, 15) is 4.79 Å². The molecule has 3 aliphatic rings. The van der Waals surface area contributed by atoms with Gasteiger partial charge in [-0.1, -0.05) is 61.4 Å². The average molecular weight is 373 g/mol. The summed E-state index contributed by atoms with van der Waals surface area (Å²) >= 11 is 1.78. The molecular formula is C20H28N4OS. The summed E-state index contributed by atoms with van der Waals surface area (Å²) in [5, 5.41) is 5.68. The standard InChI is InChI=1S/C20H28N4OS/c1-3-11-23-18(25)16-9-4-5-10-17(16)24-19(23)21-22-20(24)26-13-15-8-6-7-14(2)12-15/h6-8,12,16-17,19,21H,3-5,9-11,13H2,1-2H3.